The van der Waals surface area contributed by atoms with Gasteiger partial charge in [0, 0.05) is 36.9 Å². The molecule has 4 heteroatoms. The minimum Gasteiger partial charge on any atom is -0.351 e. The highest BCUT2D eigenvalue weighted by atomic mass is 15.3. The van der Waals surface area contributed by atoms with Crippen LogP contribution in [0, 0.1) is 11.8 Å². The second-order valence-corrected chi connectivity index (χ2v) is 6.74. The van der Waals surface area contributed by atoms with E-state index < -0.39 is 0 Å². The van der Waals surface area contributed by atoms with Crippen LogP contribution in [0.2, 0.25) is 0 Å². The first kappa shape index (κ1) is 12.9. The average Bonchev–Trinajstić information content (AvgIpc) is 2.92. The highest BCUT2D eigenvalue weighted by molar-refractivity contribution is 5.45. The summed E-state index contributed by atoms with van der Waals surface area (Å²) in [5.41, 5.74) is 1.31. The monoisotopic (exact) mass is 260 g/mol. The van der Waals surface area contributed by atoms with Crippen molar-refractivity contribution in [2.45, 2.75) is 39.2 Å². The molecule has 1 aromatic rings. The van der Waals surface area contributed by atoms with Gasteiger partial charge in [0.1, 0.15) is 12.1 Å². The maximum absolute atomic E-state index is 4.52. The first-order valence-electron chi connectivity index (χ1n) is 7.30. The highest BCUT2D eigenvalue weighted by Crippen LogP contribution is 2.42. The first-order valence-corrected chi connectivity index (χ1v) is 7.30. The minimum atomic E-state index is 0.177. The van der Waals surface area contributed by atoms with E-state index in [2.05, 4.69) is 53.9 Å². The number of aromatic nitrogens is 2. The van der Waals surface area contributed by atoms with E-state index >= 15 is 0 Å². The summed E-state index contributed by atoms with van der Waals surface area (Å²) in [5, 5.41) is 3.52. The molecule has 1 N–H and O–H groups in total. The van der Waals surface area contributed by atoms with Gasteiger partial charge in [-0.3, -0.25) is 0 Å². The van der Waals surface area contributed by atoms with Crippen LogP contribution >= 0.6 is 0 Å². The molecule has 4 nitrogen and oxygen atoms in total. The van der Waals surface area contributed by atoms with E-state index in [1.54, 1.807) is 6.33 Å². The number of nitrogens with zero attached hydrogens (tertiary/aromatic N) is 3. The lowest BCUT2D eigenvalue weighted by Crippen LogP contribution is -2.45. The maximum Gasteiger partial charge on any atom is 0.132 e. The predicted octanol–water partition coefficient (Wildman–Crippen LogP) is 2.03. The highest BCUT2D eigenvalue weighted by Gasteiger charge is 2.49. The molecule has 0 saturated carbocycles. The standard InChI is InChI=1S/C15H24N4/c1-10(2)13-5-14(18-9-17-13)19-8-11-6-16-7-12(11)15(19,3)4/h5,9-12,16H,6-8H2,1-4H3. The van der Waals surface area contributed by atoms with Crippen LogP contribution in [0.3, 0.4) is 0 Å². The zero-order chi connectivity index (χ0) is 13.6. The summed E-state index contributed by atoms with van der Waals surface area (Å²) < 4.78 is 0. The van der Waals surface area contributed by atoms with Crippen LogP contribution < -0.4 is 10.2 Å². The third kappa shape index (κ3) is 2.02. The topological polar surface area (TPSA) is 41.0 Å². The zero-order valence-electron chi connectivity index (χ0n) is 12.3. The van der Waals surface area contributed by atoms with Crippen molar-refractivity contribution in [3.8, 4) is 0 Å². The molecule has 0 amide bonds. The van der Waals surface area contributed by atoms with Gasteiger partial charge < -0.3 is 10.2 Å². The average molecular weight is 260 g/mol. The lowest BCUT2D eigenvalue weighted by atomic mass is 9.85. The van der Waals surface area contributed by atoms with Crippen molar-refractivity contribution in [3.63, 3.8) is 0 Å². The van der Waals surface area contributed by atoms with Crippen molar-refractivity contribution in [2.75, 3.05) is 24.5 Å². The molecule has 0 bridgehead atoms. The minimum absolute atomic E-state index is 0.177. The Morgan fingerprint density at radius 3 is 2.79 bits per heavy atom. The van der Waals surface area contributed by atoms with Gasteiger partial charge >= 0.3 is 0 Å². The summed E-state index contributed by atoms with van der Waals surface area (Å²) in [6, 6.07) is 2.17. The summed E-state index contributed by atoms with van der Waals surface area (Å²) in [7, 11) is 0. The molecule has 1 aromatic heterocycles. The maximum atomic E-state index is 4.52. The molecule has 3 rings (SSSR count). The van der Waals surface area contributed by atoms with Crippen molar-refractivity contribution in [1.82, 2.24) is 15.3 Å². The van der Waals surface area contributed by atoms with Crippen molar-refractivity contribution in [2.24, 2.45) is 11.8 Å². The fourth-order valence-electron chi connectivity index (χ4n) is 3.64. The summed E-state index contributed by atoms with van der Waals surface area (Å²) in [6.45, 7) is 12.5. The van der Waals surface area contributed by atoms with Crippen LogP contribution in [-0.4, -0.2) is 35.1 Å². The number of hydrogen-bond donors (Lipinski definition) is 1. The van der Waals surface area contributed by atoms with Crippen LogP contribution in [0.4, 0.5) is 5.82 Å². The zero-order valence-corrected chi connectivity index (χ0v) is 12.3. The fourth-order valence-corrected chi connectivity index (χ4v) is 3.64. The SMILES string of the molecule is CC(C)c1cc(N2CC3CNCC3C2(C)C)ncn1. The van der Waals surface area contributed by atoms with Gasteiger partial charge in [-0.25, -0.2) is 9.97 Å². The van der Waals surface area contributed by atoms with E-state index in [1.807, 2.05) is 0 Å². The molecule has 104 valence electrons. The molecule has 19 heavy (non-hydrogen) atoms. The smallest absolute Gasteiger partial charge is 0.132 e. The lowest BCUT2D eigenvalue weighted by molar-refractivity contribution is 0.356. The van der Waals surface area contributed by atoms with E-state index in [0.717, 1.165) is 43.0 Å². The molecular weight excluding hydrogens is 236 g/mol. The summed E-state index contributed by atoms with van der Waals surface area (Å²) in [6.07, 6.45) is 1.72. The molecule has 3 heterocycles. The van der Waals surface area contributed by atoms with E-state index in [9.17, 15) is 0 Å². The molecule has 0 radical (unpaired) electrons. The second kappa shape index (κ2) is 4.44. The Morgan fingerprint density at radius 1 is 1.32 bits per heavy atom. The number of hydrogen-bond acceptors (Lipinski definition) is 4. The molecule has 2 saturated heterocycles. The quantitative estimate of drug-likeness (QED) is 0.883. The van der Waals surface area contributed by atoms with Crippen molar-refractivity contribution < 1.29 is 0 Å². The normalized spacial score (nSPS) is 29.0. The molecule has 0 aromatic carbocycles. The van der Waals surface area contributed by atoms with Crippen LogP contribution in [-0.2, 0) is 0 Å². The van der Waals surface area contributed by atoms with Gasteiger partial charge in [-0.1, -0.05) is 13.8 Å². The van der Waals surface area contributed by atoms with Gasteiger partial charge in [0.05, 0.1) is 0 Å². The van der Waals surface area contributed by atoms with E-state index in [1.165, 1.54) is 0 Å². The van der Waals surface area contributed by atoms with Gasteiger partial charge in [0.25, 0.3) is 0 Å². The van der Waals surface area contributed by atoms with Gasteiger partial charge in [-0.15, -0.1) is 0 Å². The third-order valence-corrected chi connectivity index (χ3v) is 4.90. The van der Waals surface area contributed by atoms with Crippen molar-refractivity contribution in [1.29, 1.82) is 0 Å². The first-order chi connectivity index (χ1) is 9.00. The Balaban J connectivity index is 1.92. The van der Waals surface area contributed by atoms with Gasteiger partial charge in [-0.05, 0) is 31.6 Å². The van der Waals surface area contributed by atoms with E-state index in [4.69, 9.17) is 0 Å². The molecule has 2 aliphatic heterocycles. The Bertz CT molecular complexity index is 469. The Labute approximate surface area is 115 Å². The number of rotatable bonds is 2. The van der Waals surface area contributed by atoms with E-state index in [-0.39, 0.29) is 5.54 Å². The van der Waals surface area contributed by atoms with Crippen molar-refractivity contribution in [3.05, 3.63) is 18.1 Å². The summed E-state index contributed by atoms with van der Waals surface area (Å²) >= 11 is 0. The van der Waals surface area contributed by atoms with Crippen LogP contribution in [0.5, 0.6) is 0 Å². The Morgan fingerprint density at radius 2 is 2.11 bits per heavy atom. The number of fused-ring (bicyclic) bond motifs is 1. The Kier molecular flexibility index (Phi) is 3.01. The van der Waals surface area contributed by atoms with E-state index in [0.29, 0.717) is 5.92 Å². The molecule has 2 unspecified atom stereocenters. The predicted molar refractivity (Wildman–Crippen MR) is 77.4 cm³/mol. The second-order valence-electron chi connectivity index (χ2n) is 6.74. The lowest BCUT2D eigenvalue weighted by Gasteiger charge is -2.36. The largest absolute Gasteiger partial charge is 0.351 e. The number of anilines is 1. The molecule has 2 fully saturated rings. The van der Waals surface area contributed by atoms with Crippen LogP contribution in [0.15, 0.2) is 12.4 Å². The van der Waals surface area contributed by atoms with Crippen LogP contribution in [0.1, 0.15) is 39.3 Å². The summed E-state index contributed by atoms with van der Waals surface area (Å²) in [5.74, 6) is 3.03. The van der Waals surface area contributed by atoms with Gasteiger partial charge in [0.2, 0.25) is 0 Å². The third-order valence-electron chi connectivity index (χ3n) is 4.90. The molecular formula is C15H24N4. The number of nitrogens with one attached hydrogen (secondary N) is 1. The molecule has 0 aliphatic carbocycles. The Hall–Kier alpha value is -1.16. The molecule has 2 aliphatic rings. The van der Waals surface area contributed by atoms with Crippen molar-refractivity contribution >= 4 is 5.82 Å². The van der Waals surface area contributed by atoms with Crippen LogP contribution in [0.25, 0.3) is 0 Å². The fraction of sp³-hybridized carbons (Fsp3) is 0.733. The van der Waals surface area contributed by atoms with Gasteiger partial charge in [0.15, 0.2) is 0 Å². The molecule has 0 spiro atoms. The summed E-state index contributed by atoms with van der Waals surface area (Å²) in [4.78, 5) is 11.4. The molecule has 2 atom stereocenters. The van der Waals surface area contributed by atoms with Gasteiger partial charge in [-0.2, -0.15) is 0 Å².